The van der Waals surface area contributed by atoms with E-state index >= 15 is 0 Å². The third-order valence-corrected chi connectivity index (χ3v) is 7.70. The van der Waals surface area contributed by atoms with Gasteiger partial charge in [-0.2, -0.15) is 0 Å². The summed E-state index contributed by atoms with van der Waals surface area (Å²) < 4.78 is 0. The molecule has 1 unspecified atom stereocenters. The SMILES string of the molecule is C=CC[C@@]1(C)C[C@H](c2cccc(Cl)c2)[C@@H](c2ccc(Cl)cc2)N([C@@H](CC)CCCC(C)O)C1=O. The first kappa shape index (κ1) is 26.8. The summed E-state index contributed by atoms with van der Waals surface area (Å²) >= 11 is 12.7. The average Bonchev–Trinajstić information content (AvgIpc) is 2.79. The number of allylic oxidation sites excluding steroid dienone is 1. The number of carbonyl (C=O) groups excluding carboxylic acids is 1. The average molecular weight is 503 g/mol. The largest absolute Gasteiger partial charge is 0.393 e. The van der Waals surface area contributed by atoms with Crippen molar-refractivity contribution in [1.82, 2.24) is 4.90 Å². The Labute approximate surface area is 214 Å². The van der Waals surface area contributed by atoms with Gasteiger partial charge in [-0.05, 0) is 80.8 Å². The van der Waals surface area contributed by atoms with Crippen LogP contribution in [0.2, 0.25) is 10.0 Å². The third kappa shape index (κ3) is 6.05. The fourth-order valence-corrected chi connectivity index (χ4v) is 5.80. The molecule has 0 aliphatic carbocycles. The Morgan fingerprint density at radius 3 is 2.44 bits per heavy atom. The molecule has 1 heterocycles. The predicted molar refractivity (Wildman–Crippen MR) is 142 cm³/mol. The summed E-state index contributed by atoms with van der Waals surface area (Å²) in [5.74, 6) is 0.253. The second kappa shape index (κ2) is 11.7. The number of aliphatic hydroxyl groups is 1. The standard InChI is InChI=1S/C29H37Cl2NO2/c1-5-17-29(4)19-26(22-10-8-11-24(31)18-22)27(21-13-15-23(30)16-14-21)32(28(29)34)25(6-2)12-7-9-20(3)33/h5,8,10-11,13-16,18,20,25-27,33H,1,6-7,9,12,17,19H2,2-4H3/t20?,25-,26+,27+,29-/m0/s1. The van der Waals surface area contributed by atoms with Gasteiger partial charge >= 0.3 is 0 Å². The van der Waals surface area contributed by atoms with Crippen molar-refractivity contribution in [2.24, 2.45) is 5.41 Å². The van der Waals surface area contributed by atoms with Crippen LogP contribution in [0.4, 0.5) is 0 Å². The quantitative estimate of drug-likeness (QED) is 0.335. The molecule has 0 spiro atoms. The Kier molecular flexibility index (Phi) is 9.26. The Bertz CT molecular complexity index is 974. The number of aliphatic hydroxyl groups excluding tert-OH is 1. The second-order valence-electron chi connectivity index (χ2n) is 9.97. The molecule has 0 bridgehead atoms. The molecular formula is C29H37Cl2NO2. The number of likely N-dealkylation sites (tertiary alicyclic amines) is 1. The number of benzene rings is 2. The van der Waals surface area contributed by atoms with E-state index in [1.165, 1.54) is 0 Å². The molecule has 1 saturated heterocycles. The van der Waals surface area contributed by atoms with E-state index in [1.54, 1.807) is 0 Å². The molecule has 1 aliphatic heterocycles. The second-order valence-corrected chi connectivity index (χ2v) is 10.8. The van der Waals surface area contributed by atoms with E-state index in [-0.39, 0.29) is 30.0 Å². The maximum Gasteiger partial charge on any atom is 0.229 e. The van der Waals surface area contributed by atoms with Crippen molar-refractivity contribution in [3.05, 3.63) is 82.4 Å². The Hall–Kier alpha value is -1.81. The van der Waals surface area contributed by atoms with Crippen molar-refractivity contribution in [2.75, 3.05) is 0 Å². The molecule has 1 amide bonds. The van der Waals surface area contributed by atoms with Gasteiger partial charge < -0.3 is 10.0 Å². The van der Waals surface area contributed by atoms with Gasteiger partial charge in [0, 0.05) is 22.0 Å². The normalized spacial score (nSPS) is 24.6. The minimum atomic E-state index is -0.546. The highest BCUT2D eigenvalue weighted by molar-refractivity contribution is 6.30. The predicted octanol–water partition coefficient (Wildman–Crippen LogP) is 7.96. The van der Waals surface area contributed by atoms with Crippen LogP contribution in [-0.2, 0) is 4.79 Å². The molecule has 2 aromatic carbocycles. The van der Waals surface area contributed by atoms with Gasteiger partial charge in [0.25, 0.3) is 0 Å². The van der Waals surface area contributed by atoms with E-state index in [0.717, 1.165) is 36.8 Å². The lowest BCUT2D eigenvalue weighted by atomic mass is 9.67. The van der Waals surface area contributed by atoms with E-state index in [0.29, 0.717) is 22.9 Å². The first-order chi connectivity index (χ1) is 16.2. The fourth-order valence-electron chi connectivity index (χ4n) is 5.48. The Morgan fingerprint density at radius 1 is 1.15 bits per heavy atom. The van der Waals surface area contributed by atoms with Gasteiger partial charge in [-0.15, -0.1) is 6.58 Å². The molecule has 2 aromatic rings. The minimum Gasteiger partial charge on any atom is -0.393 e. The lowest BCUT2D eigenvalue weighted by molar-refractivity contribution is -0.154. The van der Waals surface area contributed by atoms with Gasteiger partial charge in [-0.3, -0.25) is 4.79 Å². The van der Waals surface area contributed by atoms with Crippen molar-refractivity contribution in [1.29, 1.82) is 0 Å². The van der Waals surface area contributed by atoms with Crippen LogP contribution < -0.4 is 0 Å². The zero-order chi connectivity index (χ0) is 24.9. The molecule has 5 heteroatoms. The minimum absolute atomic E-state index is 0.0676. The number of nitrogens with zero attached hydrogens (tertiary/aromatic N) is 1. The number of halogens is 2. The summed E-state index contributed by atoms with van der Waals surface area (Å²) in [4.78, 5) is 16.3. The van der Waals surface area contributed by atoms with Crippen LogP contribution in [0.3, 0.4) is 0 Å². The van der Waals surface area contributed by atoms with Crippen molar-refractivity contribution in [3.8, 4) is 0 Å². The van der Waals surface area contributed by atoms with Gasteiger partial charge in [-0.1, -0.05) is 67.4 Å². The maximum absolute atomic E-state index is 14.2. The monoisotopic (exact) mass is 501 g/mol. The zero-order valence-corrected chi connectivity index (χ0v) is 22.0. The van der Waals surface area contributed by atoms with Crippen molar-refractivity contribution in [3.63, 3.8) is 0 Å². The number of hydrogen-bond acceptors (Lipinski definition) is 2. The van der Waals surface area contributed by atoms with Crippen LogP contribution in [0, 0.1) is 5.41 Å². The molecule has 0 aromatic heterocycles. The summed E-state index contributed by atoms with van der Waals surface area (Å²) in [5, 5.41) is 11.2. The van der Waals surface area contributed by atoms with Gasteiger partial charge in [0.15, 0.2) is 0 Å². The number of carbonyl (C=O) groups is 1. The van der Waals surface area contributed by atoms with Crippen LogP contribution in [0.5, 0.6) is 0 Å². The number of piperidine rings is 1. The van der Waals surface area contributed by atoms with E-state index in [4.69, 9.17) is 23.2 Å². The highest BCUT2D eigenvalue weighted by atomic mass is 35.5. The van der Waals surface area contributed by atoms with Gasteiger partial charge in [0.2, 0.25) is 5.91 Å². The molecule has 184 valence electrons. The zero-order valence-electron chi connectivity index (χ0n) is 20.5. The summed E-state index contributed by atoms with van der Waals surface area (Å²) in [5.41, 5.74) is 1.67. The Morgan fingerprint density at radius 2 is 1.85 bits per heavy atom. The van der Waals surface area contributed by atoms with Crippen molar-refractivity contribution < 1.29 is 9.90 Å². The molecule has 1 fully saturated rings. The van der Waals surface area contributed by atoms with Crippen LogP contribution in [0.25, 0.3) is 0 Å². The molecule has 5 atom stereocenters. The molecule has 3 rings (SSSR count). The van der Waals surface area contributed by atoms with Gasteiger partial charge in [0.05, 0.1) is 17.6 Å². The summed E-state index contributed by atoms with van der Waals surface area (Å²) in [6.45, 7) is 9.99. The number of amides is 1. The van der Waals surface area contributed by atoms with E-state index in [1.807, 2.05) is 55.5 Å². The fraction of sp³-hybridized carbons (Fsp3) is 0.483. The topological polar surface area (TPSA) is 40.5 Å². The van der Waals surface area contributed by atoms with Crippen molar-refractivity contribution >= 4 is 29.1 Å². The smallest absolute Gasteiger partial charge is 0.229 e. The van der Waals surface area contributed by atoms with E-state index in [9.17, 15) is 9.90 Å². The van der Waals surface area contributed by atoms with E-state index < -0.39 is 5.41 Å². The van der Waals surface area contributed by atoms with Gasteiger partial charge in [-0.25, -0.2) is 0 Å². The van der Waals surface area contributed by atoms with Gasteiger partial charge in [0.1, 0.15) is 0 Å². The maximum atomic E-state index is 14.2. The molecule has 0 radical (unpaired) electrons. The lowest BCUT2D eigenvalue weighted by Gasteiger charge is -2.52. The molecule has 3 nitrogen and oxygen atoms in total. The highest BCUT2D eigenvalue weighted by Crippen LogP contribution is 2.52. The molecular weight excluding hydrogens is 465 g/mol. The summed E-state index contributed by atoms with van der Waals surface area (Å²) in [6, 6.07) is 15.9. The summed E-state index contributed by atoms with van der Waals surface area (Å²) in [7, 11) is 0. The first-order valence-corrected chi connectivity index (χ1v) is 13.1. The third-order valence-electron chi connectivity index (χ3n) is 7.21. The lowest BCUT2D eigenvalue weighted by Crippen LogP contribution is -2.55. The summed E-state index contributed by atoms with van der Waals surface area (Å²) in [6.07, 6.45) is 6.16. The molecule has 0 saturated carbocycles. The van der Waals surface area contributed by atoms with Crippen LogP contribution in [-0.4, -0.2) is 28.1 Å². The van der Waals surface area contributed by atoms with E-state index in [2.05, 4.69) is 31.4 Å². The van der Waals surface area contributed by atoms with Crippen molar-refractivity contribution in [2.45, 2.75) is 83.4 Å². The number of rotatable bonds is 10. The van der Waals surface area contributed by atoms with Crippen LogP contribution in [0.1, 0.15) is 82.4 Å². The first-order valence-electron chi connectivity index (χ1n) is 12.3. The van der Waals surface area contributed by atoms with Crippen LogP contribution >= 0.6 is 23.2 Å². The highest BCUT2D eigenvalue weighted by Gasteiger charge is 2.50. The Balaban J connectivity index is 2.15. The number of hydrogen-bond donors (Lipinski definition) is 1. The molecule has 34 heavy (non-hydrogen) atoms. The molecule has 1 aliphatic rings. The van der Waals surface area contributed by atoms with Crippen LogP contribution in [0.15, 0.2) is 61.2 Å². The molecule has 1 N–H and O–H groups in total.